The van der Waals surface area contributed by atoms with Gasteiger partial charge in [0.05, 0.1) is 0 Å². The Morgan fingerprint density at radius 1 is 1.62 bits per heavy atom. The Kier molecular flexibility index (Phi) is 2.46. The van der Waals surface area contributed by atoms with E-state index in [0.29, 0.717) is 6.42 Å². The molecule has 0 aromatic carbocycles. The monoisotopic (exact) mass is 182 g/mol. The maximum absolute atomic E-state index is 11.4. The number of carboxylic acid groups (broad SMARTS) is 1. The number of nitrogens with zero attached hydrogens (tertiary/aromatic N) is 1. The molecule has 5 nitrogen and oxygen atoms in total. The number of aromatic carboxylic acids is 1. The van der Waals surface area contributed by atoms with Crippen LogP contribution in [0.5, 0.6) is 0 Å². The minimum Gasteiger partial charge on any atom is -0.477 e. The maximum atomic E-state index is 11.4. The van der Waals surface area contributed by atoms with Crippen LogP contribution in [0.3, 0.4) is 0 Å². The lowest BCUT2D eigenvalue weighted by atomic mass is 10.1. The highest BCUT2D eigenvalue weighted by Crippen LogP contribution is 1.98. The maximum Gasteiger partial charge on any atom is 0.341 e. The molecule has 0 atom stereocenters. The molecule has 13 heavy (non-hydrogen) atoms. The molecular weight excluding hydrogens is 172 g/mol. The highest BCUT2D eigenvalue weighted by Gasteiger charge is 2.15. The zero-order valence-electron chi connectivity index (χ0n) is 7.42. The first-order valence-electron chi connectivity index (χ1n) is 3.89. The number of H-pyrrole nitrogens is 1. The molecule has 0 amide bonds. The number of aromatic amines is 1. The fraction of sp³-hybridized carbons (Fsp3) is 0.375. The van der Waals surface area contributed by atoms with E-state index in [2.05, 4.69) is 10.2 Å². The minimum atomic E-state index is -1.21. The summed E-state index contributed by atoms with van der Waals surface area (Å²) >= 11 is 0. The van der Waals surface area contributed by atoms with E-state index >= 15 is 0 Å². The molecule has 1 aromatic rings. The van der Waals surface area contributed by atoms with E-state index in [1.165, 1.54) is 6.92 Å². The fourth-order valence-corrected chi connectivity index (χ4v) is 1.07. The molecule has 0 unspecified atom stereocenters. The molecule has 0 fully saturated rings. The Morgan fingerprint density at radius 3 is 2.69 bits per heavy atom. The van der Waals surface area contributed by atoms with Crippen LogP contribution >= 0.6 is 0 Å². The van der Waals surface area contributed by atoms with Crippen molar-refractivity contribution in [1.29, 1.82) is 0 Å². The highest BCUT2D eigenvalue weighted by molar-refractivity contribution is 5.88. The number of nitrogens with one attached hydrogen (secondary N) is 1. The Balaban J connectivity index is 3.48. The third kappa shape index (κ3) is 1.58. The highest BCUT2D eigenvalue weighted by atomic mass is 16.4. The summed E-state index contributed by atoms with van der Waals surface area (Å²) in [6, 6.07) is 0. The molecule has 0 aliphatic carbocycles. The van der Waals surface area contributed by atoms with Crippen LogP contribution in [0.25, 0.3) is 0 Å². The van der Waals surface area contributed by atoms with Gasteiger partial charge in [-0.15, -0.1) is 0 Å². The van der Waals surface area contributed by atoms with E-state index in [-0.39, 0.29) is 17.0 Å². The summed E-state index contributed by atoms with van der Waals surface area (Å²) in [4.78, 5) is 22.1. The van der Waals surface area contributed by atoms with Gasteiger partial charge in [-0.25, -0.2) is 4.79 Å². The van der Waals surface area contributed by atoms with Crippen LogP contribution < -0.4 is 5.43 Å². The molecule has 1 heterocycles. The van der Waals surface area contributed by atoms with Gasteiger partial charge in [0.1, 0.15) is 11.3 Å². The molecule has 70 valence electrons. The van der Waals surface area contributed by atoms with Crippen LogP contribution in [0.15, 0.2) is 4.79 Å². The van der Waals surface area contributed by atoms with E-state index in [0.717, 1.165) is 0 Å². The van der Waals surface area contributed by atoms with Gasteiger partial charge in [-0.05, 0) is 13.3 Å². The summed E-state index contributed by atoms with van der Waals surface area (Å²) < 4.78 is 0. The first-order chi connectivity index (χ1) is 6.07. The number of hydrogen-bond acceptors (Lipinski definition) is 3. The Bertz CT molecular complexity index is 395. The normalized spacial score (nSPS) is 10.0. The van der Waals surface area contributed by atoms with Gasteiger partial charge in [-0.1, -0.05) is 6.92 Å². The molecule has 1 rings (SSSR count). The van der Waals surface area contributed by atoms with Gasteiger partial charge in [0.2, 0.25) is 5.43 Å². The van der Waals surface area contributed by atoms with Crippen molar-refractivity contribution in [2.45, 2.75) is 20.3 Å². The van der Waals surface area contributed by atoms with E-state index in [9.17, 15) is 9.59 Å². The summed E-state index contributed by atoms with van der Waals surface area (Å²) in [7, 11) is 0. The van der Waals surface area contributed by atoms with Gasteiger partial charge < -0.3 is 5.11 Å². The molecule has 2 N–H and O–H groups in total. The minimum absolute atomic E-state index is 0.216. The summed E-state index contributed by atoms with van der Waals surface area (Å²) in [5.74, 6) is -1.21. The predicted octanol–water partition coefficient (Wildman–Crippen LogP) is 0.339. The summed E-state index contributed by atoms with van der Waals surface area (Å²) in [5, 5.41) is 15.0. The molecule has 0 saturated carbocycles. The van der Waals surface area contributed by atoms with Crippen molar-refractivity contribution in [3.05, 3.63) is 27.2 Å². The quantitative estimate of drug-likeness (QED) is 0.690. The first kappa shape index (κ1) is 9.44. The van der Waals surface area contributed by atoms with Gasteiger partial charge in [-0.2, -0.15) is 5.10 Å². The van der Waals surface area contributed by atoms with Crippen LogP contribution in [0.1, 0.15) is 28.7 Å². The first-order valence-corrected chi connectivity index (χ1v) is 3.89. The summed E-state index contributed by atoms with van der Waals surface area (Å²) in [6.07, 6.45) is 0.426. The third-order valence-electron chi connectivity index (χ3n) is 1.77. The van der Waals surface area contributed by atoms with Crippen molar-refractivity contribution < 1.29 is 9.90 Å². The molecule has 5 heteroatoms. The van der Waals surface area contributed by atoms with Crippen molar-refractivity contribution in [3.8, 4) is 0 Å². The number of carbonyl (C=O) groups is 1. The topological polar surface area (TPSA) is 83.1 Å². The second-order valence-electron chi connectivity index (χ2n) is 2.66. The van der Waals surface area contributed by atoms with Gasteiger partial charge >= 0.3 is 5.97 Å². The predicted molar refractivity (Wildman–Crippen MR) is 45.9 cm³/mol. The lowest BCUT2D eigenvalue weighted by molar-refractivity contribution is 0.0693. The number of aryl methyl sites for hydroxylation is 2. The Hall–Kier alpha value is -1.65. The van der Waals surface area contributed by atoms with Gasteiger partial charge in [-0.3, -0.25) is 9.89 Å². The van der Waals surface area contributed by atoms with Crippen molar-refractivity contribution in [2.24, 2.45) is 0 Å². The number of hydrogen-bond donors (Lipinski definition) is 2. The molecule has 0 radical (unpaired) electrons. The zero-order chi connectivity index (χ0) is 10.0. The Morgan fingerprint density at radius 2 is 2.23 bits per heavy atom. The molecule has 0 bridgehead atoms. The van der Waals surface area contributed by atoms with Crippen LogP contribution in [-0.2, 0) is 6.42 Å². The lowest BCUT2D eigenvalue weighted by Gasteiger charge is -2.00. The largest absolute Gasteiger partial charge is 0.477 e. The van der Waals surface area contributed by atoms with Gasteiger partial charge in [0, 0.05) is 5.69 Å². The molecule has 0 aliphatic rings. The van der Waals surface area contributed by atoms with Crippen LogP contribution in [-0.4, -0.2) is 21.3 Å². The SMILES string of the molecule is CCc1n[nH]c(C)c(C(=O)O)c1=O. The summed E-state index contributed by atoms with van der Waals surface area (Å²) in [5.41, 5.74) is -0.171. The number of aromatic nitrogens is 2. The number of carboxylic acids is 1. The van der Waals surface area contributed by atoms with Crippen LogP contribution in [0.4, 0.5) is 0 Å². The summed E-state index contributed by atoms with van der Waals surface area (Å²) in [6.45, 7) is 3.26. The molecule has 0 aliphatic heterocycles. The third-order valence-corrected chi connectivity index (χ3v) is 1.77. The van der Waals surface area contributed by atoms with Crippen molar-refractivity contribution in [2.75, 3.05) is 0 Å². The fourth-order valence-electron chi connectivity index (χ4n) is 1.07. The number of rotatable bonds is 2. The smallest absolute Gasteiger partial charge is 0.341 e. The zero-order valence-corrected chi connectivity index (χ0v) is 7.42. The van der Waals surface area contributed by atoms with Crippen molar-refractivity contribution in [1.82, 2.24) is 10.2 Å². The van der Waals surface area contributed by atoms with E-state index < -0.39 is 11.4 Å². The van der Waals surface area contributed by atoms with E-state index in [4.69, 9.17) is 5.11 Å². The Labute approximate surface area is 74.4 Å². The second-order valence-corrected chi connectivity index (χ2v) is 2.66. The average Bonchev–Trinajstić information content (AvgIpc) is 2.04. The van der Waals surface area contributed by atoms with E-state index in [1.807, 2.05) is 0 Å². The molecule has 0 spiro atoms. The van der Waals surface area contributed by atoms with Crippen LogP contribution in [0.2, 0.25) is 0 Å². The molecule has 0 saturated heterocycles. The van der Waals surface area contributed by atoms with Crippen molar-refractivity contribution >= 4 is 5.97 Å². The molecule has 1 aromatic heterocycles. The molecular formula is C8H10N2O3. The lowest BCUT2D eigenvalue weighted by Crippen LogP contribution is -2.23. The van der Waals surface area contributed by atoms with E-state index in [1.54, 1.807) is 6.92 Å². The second kappa shape index (κ2) is 3.38. The van der Waals surface area contributed by atoms with Crippen molar-refractivity contribution in [3.63, 3.8) is 0 Å². The average molecular weight is 182 g/mol. The standard InChI is InChI=1S/C8H10N2O3/c1-3-5-7(11)6(8(12)13)4(2)9-10-5/h3H2,1-2H3,(H,9,11)(H,12,13). The van der Waals surface area contributed by atoms with Crippen LogP contribution in [0, 0.1) is 6.92 Å². The van der Waals surface area contributed by atoms with Gasteiger partial charge in [0.25, 0.3) is 0 Å². The van der Waals surface area contributed by atoms with Gasteiger partial charge in [0.15, 0.2) is 0 Å².